The molecule has 29 heavy (non-hydrogen) atoms. The van der Waals surface area contributed by atoms with Gasteiger partial charge in [0.05, 0.1) is 10.9 Å². The Kier molecular flexibility index (Phi) is 8.89. The van der Waals surface area contributed by atoms with E-state index in [1.165, 1.54) is 10.6 Å². The van der Waals surface area contributed by atoms with Crippen molar-refractivity contribution in [2.45, 2.75) is 33.2 Å². The molecule has 1 aromatic carbocycles. The summed E-state index contributed by atoms with van der Waals surface area (Å²) in [5.41, 5.74) is -0.401. The Labute approximate surface area is 209 Å². The summed E-state index contributed by atoms with van der Waals surface area (Å²) in [5.74, 6) is -3.15. The number of aromatic carboxylic acids is 2. The number of nitrogens with zero attached hydrogens (tertiary/aromatic N) is 1. The van der Waals surface area contributed by atoms with E-state index in [4.69, 9.17) is 4.42 Å². The zero-order chi connectivity index (χ0) is 19.9. The predicted octanol–water partition coefficient (Wildman–Crippen LogP) is 1.72. The third kappa shape index (κ3) is 4.52. The quantitative estimate of drug-likeness (QED) is 0.478. The molecule has 0 fully saturated rings. The van der Waals surface area contributed by atoms with Crippen molar-refractivity contribution in [2.24, 2.45) is 0 Å². The van der Waals surface area contributed by atoms with Crippen LogP contribution in [-0.4, -0.2) is 85.8 Å². The zero-order valence-corrected chi connectivity index (χ0v) is 20.7. The summed E-state index contributed by atoms with van der Waals surface area (Å²) in [6.07, 6.45) is 0.993. The SMILES string of the molecule is CCCc1c2oc(C(=O)O)cc(=O)c2cc2c(=O)cc(C(=O)O)n(CC)c12.[Na].[Na]. The van der Waals surface area contributed by atoms with Gasteiger partial charge < -0.3 is 19.2 Å². The maximum absolute atomic E-state index is 12.6. The number of benzene rings is 1. The van der Waals surface area contributed by atoms with Crippen molar-refractivity contribution in [1.29, 1.82) is 0 Å². The number of rotatable bonds is 5. The van der Waals surface area contributed by atoms with Gasteiger partial charge in [0, 0.05) is 88.7 Å². The number of carboxylic acid groups (broad SMARTS) is 2. The summed E-state index contributed by atoms with van der Waals surface area (Å²) in [6, 6.07) is 3.25. The van der Waals surface area contributed by atoms with Crippen molar-refractivity contribution in [3.05, 3.63) is 55.7 Å². The average Bonchev–Trinajstić information content (AvgIpc) is 2.62. The molecule has 0 spiro atoms. The number of fused-ring (bicyclic) bond motifs is 2. The molecule has 2 heterocycles. The van der Waals surface area contributed by atoms with Crippen LogP contribution >= 0.6 is 0 Å². The molecule has 0 amide bonds. The van der Waals surface area contributed by atoms with Gasteiger partial charge in [-0.2, -0.15) is 0 Å². The molecule has 142 valence electrons. The fraction of sp³-hybridized carbons (Fsp3) is 0.263. The molecule has 0 saturated heterocycles. The molecule has 2 radical (unpaired) electrons. The van der Waals surface area contributed by atoms with Gasteiger partial charge in [0.25, 0.3) is 0 Å². The van der Waals surface area contributed by atoms with Crippen LogP contribution in [0.5, 0.6) is 0 Å². The number of aryl methyl sites for hydroxylation is 2. The number of carbonyl (C=O) groups is 2. The molecule has 0 aliphatic carbocycles. The molecule has 0 saturated carbocycles. The second kappa shape index (κ2) is 10.1. The number of hydrogen-bond acceptors (Lipinski definition) is 5. The number of pyridine rings is 1. The van der Waals surface area contributed by atoms with E-state index >= 15 is 0 Å². The van der Waals surface area contributed by atoms with Crippen molar-refractivity contribution in [2.75, 3.05) is 0 Å². The molecule has 2 aromatic heterocycles. The van der Waals surface area contributed by atoms with Crippen LogP contribution in [-0.2, 0) is 13.0 Å². The topological polar surface area (TPSA) is 127 Å². The molecule has 2 N–H and O–H groups in total. The smallest absolute Gasteiger partial charge is 0.371 e. The molecule has 3 aromatic rings. The van der Waals surface area contributed by atoms with E-state index in [0.29, 0.717) is 23.9 Å². The van der Waals surface area contributed by atoms with E-state index in [1.54, 1.807) is 6.92 Å². The van der Waals surface area contributed by atoms with Crippen molar-refractivity contribution >= 4 is 92.9 Å². The van der Waals surface area contributed by atoms with Crippen LogP contribution < -0.4 is 10.9 Å². The molecular weight excluding hydrogens is 400 g/mol. The third-order valence-corrected chi connectivity index (χ3v) is 4.43. The van der Waals surface area contributed by atoms with Gasteiger partial charge >= 0.3 is 11.9 Å². The first-order chi connectivity index (χ1) is 12.8. The van der Waals surface area contributed by atoms with Crippen molar-refractivity contribution in [1.82, 2.24) is 4.57 Å². The van der Waals surface area contributed by atoms with Gasteiger partial charge in [-0.05, 0) is 19.4 Å². The van der Waals surface area contributed by atoms with Crippen molar-refractivity contribution in [3.8, 4) is 0 Å². The molecule has 8 nitrogen and oxygen atoms in total. The van der Waals surface area contributed by atoms with Crippen LogP contribution in [0.15, 0.2) is 32.2 Å². The van der Waals surface area contributed by atoms with Gasteiger partial charge in [-0.25, -0.2) is 9.59 Å². The van der Waals surface area contributed by atoms with Crippen LogP contribution in [0.2, 0.25) is 0 Å². The average molecular weight is 417 g/mol. The van der Waals surface area contributed by atoms with E-state index in [2.05, 4.69) is 0 Å². The maximum atomic E-state index is 12.6. The van der Waals surface area contributed by atoms with E-state index in [1.807, 2.05) is 6.92 Å². The first-order valence-corrected chi connectivity index (χ1v) is 8.44. The van der Waals surface area contributed by atoms with Crippen LogP contribution in [0.1, 0.15) is 46.9 Å². The monoisotopic (exact) mass is 417 g/mol. The minimum atomic E-state index is -1.39. The molecule has 3 rings (SSSR count). The molecule has 0 aliphatic heterocycles. The van der Waals surface area contributed by atoms with Gasteiger partial charge in [0.2, 0.25) is 5.76 Å². The van der Waals surface area contributed by atoms with Crippen molar-refractivity contribution in [3.63, 3.8) is 0 Å². The van der Waals surface area contributed by atoms with Gasteiger partial charge in [-0.3, -0.25) is 9.59 Å². The normalized spacial score (nSPS) is 10.4. The number of carboxylic acids is 2. The van der Waals surface area contributed by atoms with Crippen LogP contribution in [0, 0.1) is 0 Å². The number of aromatic nitrogens is 1. The van der Waals surface area contributed by atoms with Crippen LogP contribution in [0.3, 0.4) is 0 Å². The summed E-state index contributed by atoms with van der Waals surface area (Å²) in [4.78, 5) is 47.9. The molecular formula is C19H17NNa2O7. The fourth-order valence-electron chi connectivity index (χ4n) is 3.34. The molecule has 0 aliphatic rings. The zero-order valence-electron chi connectivity index (χ0n) is 16.7. The minimum Gasteiger partial charge on any atom is -0.477 e. The van der Waals surface area contributed by atoms with E-state index in [0.717, 1.165) is 12.1 Å². The molecule has 0 bridgehead atoms. The van der Waals surface area contributed by atoms with Gasteiger partial charge in [-0.1, -0.05) is 13.3 Å². The summed E-state index contributed by atoms with van der Waals surface area (Å²) in [6.45, 7) is 3.88. The molecule has 0 unspecified atom stereocenters. The van der Waals surface area contributed by atoms with Gasteiger partial charge in [0.1, 0.15) is 11.3 Å². The van der Waals surface area contributed by atoms with Crippen molar-refractivity contribution < 1.29 is 24.2 Å². The van der Waals surface area contributed by atoms with Crippen LogP contribution in [0.25, 0.3) is 21.9 Å². The maximum Gasteiger partial charge on any atom is 0.371 e. The van der Waals surface area contributed by atoms with Crippen LogP contribution in [0.4, 0.5) is 0 Å². The van der Waals surface area contributed by atoms with Gasteiger partial charge in [0.15, 0.2) is 10.9 Å². The minimum absolute atomic E-state index is 0. The summed E-state index contributed by atoms with van der Waals surface area (Å²) in [7, 11) is 0. The van der Waals surface area contributed by atoms with E-state index in [-0.39, 0.29) is 87.7 Å². The summed E-state index contributed by atoms with van der Waals surface area (Å²) >= 11 is 0. The molecule has 10 heteroatoms. The Morgan fingerprint density at radius 3 is 2.10 bits per heavy atom. The fourth-order valence-corrected chi connectivity index (χ4v) is 3.34. The Morgan fingerprint density at radius 1 is 0.966 bits per heavy atom. The van der Waals surface area contributed by atoms with E-state index < -0.39 is 28.6 Å². The summed E-state index contributed by atoms with van der Waals surface area (Å²) in [5, 5.41) is 19.0. The largest absolute Gasteiger partial charge is 0.477 e. The predicted molar refractivity (Wildman–Crippen MR) is 109 cm³/mol. The second-order valence-corrected chi connectivity index (χ2v) is 6.10. The Balaban J connectivity index is 0.00000210. The standard InChI is InChI=1S/C19H17NO7.2Na/c1-3-5-9-16-10(13(21)7-12(18(23)24)20(16)4-2)6-11-14(22)8-15(19(25)26)27-17(9)11;;/h6-8H,3-5H2,1-2H3,(H,23,24)(H,25,26);;. The van der Waals surface area contributed by atoms with Gasteiger partial charge in [-0.15, -0.1) is 0 Å². The Morgan fingerprint density at radius 2 is 1.59 bits per heavy atom. The second-order valence-electron chi connectivity index (χ2n) is 6.10. The molecule has 0 atom stereocenters. The van der Waals surface area contributed by atoms with E-state index in [9.17, 15) is 29.4 Å². The third-order valence-electron chi connectivity index (χ3n) is 4.43. The first-order valence-electron chi connectivity index (χ1n) is 8.44. The number of hydrogen-bond donors (Lipinski definition) is 2. The Bertz CT molecular complexity index is 1230. The first kappa shape index (κ1) is 25.6. The Hall–Kier alpha value is -1.42. The summed E-state index contributed by atoms with van der Waals surface area (Å²) < 4.78 is 6.94.